The van der Waals surface area contributed by atoms with E-state index in [1.807, 2.05) is 0 Å². The van der Waals surface area contributed by atoms with Gasteiger partial charge >= 0.3 is 0 Å². The molecule has 0 aliphatic carbocycles. The summed E-state index contributed by atoms with van der Waals surface area (Å²) in [4.78, 5) is 0. The van der Waals surface area contributed by atoms with Crippen molar-refractivity contribution < 1.29 is 9.47 Å². The number of nitrogens with one attached hydrogen (secondary N) is 1. The molecule has 1 atom stereocenters. The third-order valence-electron chi connectivity index (χ3n) is 2.88. The first-order chi connectivity index (χ1) is 7.11. The van der Waals surface area contributed by atoms with Crippen LogP contribution in [-0.2, 0) is 9.47 Å². The first-order valence-corrected chi connectivity index (χ1v) is 5.73. The standard InChI is InChI=1S/C12H23NO2/c1-5-13-11(12(2,3)14-4)10-8-6-7-9-15-10/h8,11,13H,5-7,9H2,1-4H3. The van der Waals surface area contributed by atoms with Crippen LogP contribution in [0.3, 0.4) is 0 Å². The lowest BCUT2D eigenvalue weighted by Crippen LogP contribution is -2.50. The summed E-state index contributed by atoms with van der Waals surface area (Å²) in [6, 6.07) is 0.146. The van der Waals surface area contributed by atoms with Gasteiger partial charge in [-0.1, -0.05) is 6.92 Å². The molecule has 88 valence electrons. The molecule has 0 radical (unpaired) electrons. The van der Waals surface area contributed by atoms with Gasteiger partial charge in [0, 0.05) is 7.11 Å². The molecular formula is C12H23NO2. The molecule has 1 aliphatic rings. The Kier molecular flexibility index (Phi) is 4.61. The number of methoxy groups -OCH3 is 1. The molecule has 15 heavy (non-hydrogen) atoms. The zero-order valence-corrected chi connectivity index (χ0v) is 10.3. The van der Waals surface area contributed by atoms with Gasteiger partial charge in [-0.3, -0.25) is 0 Å². The second-order valence-electron chi connectivity index (χ2n) is 4.40. The van der Waals surface area contributed by atoms with Gasteiger partial charge < -0.3 is 14.8 Å². The normalized spacial score (nSPS) is 19.3. The van der Waals surface area contributed by atoms with E-state index in [4.69, 9.17) is 9.47 Å². The van der Waals surface area contributed by atoms with Crippen LogP contribution in [0, 0.1) is 0 Å². The maximum absolute atomic E-state index is 5.70. The molecule has 3 heteroatoms. The van der Waals surface area contributed by atoms with Crippen molar-refractivity contribution in [3.8, 4) is 0 Å². The predicted molar refractivity (Wildman–Crippen MR) is 61.8 cm³/mol. The number of allylic oxidation sites excluding steroid dienone is 1. The molecule has 1 rings (SSSR count). The molecule has 0 aromatic rings. The molecule has 1 N–H and O–H groups in total. The molecule has 1 unspecified atom stereocenters. The summed E-state index contributed by atoms with van der Waals surface area (Å²) in [5, 5.41) is 3.43. The molecule has 0 aromatic carbocycles. The summed E-state index contributed by atoms with van der Waals surface area (Å²) in [6.07, 6.45) is 4.41. The van der Waals surface area contributed by atoms with Crippen LogP contribution in [0.5, 0.6) is 0 Å². The van der Waals surface area contributed by atoms with Crippen molar-refractivity contribution in [3.63, 3.8) is 0 Å². The van der Waals surface area contributed by atoms with Gasteiger partial charge in [-0.05, 0) is 39.3 Å². The van der Waals surface area contributed by atoms with Crippen LogP contribution in [0.2, 0.25) is 0 Å². The first-order valence-electron chi connectivity index (χ1n) is 5.73. The van der Waals surface area contributed by atoms with Crippen molar-refractivity contribution in [2.45, 2.75) is 45.3 Å². The minimum absolute atomic E-state index is 0.146. The van der Waals surface area contributed by atoms with E-state index >= 15 is 0 Å². The molecule has 0 fully saturated rings. The number of ether oxygens (including phenoxy) is 2. The third kappa shape index (κ3) is 3.21. The van der Waals surface area contributed by atoms with E-state index in [9.17, 15) is 0 Å². The SMILES string of the molecule is CCNC(C1=CCCCO1)C(C)(C)OC. The number of hydrogen-bond acceptors (Lipinski definition) is 3. The Morgan fingerprint density at radius 1 is 1.60 bits per heavy atom. The molecule has 0 amide bonds. The monoisotopic (exact) mass is 213 g/mol. The number of likely N-dealkylation sites (N-methyl/N-ethyl adjacent to an activating group) is 1. The minimum atomic E-state index is -0.237. The van der Waals surface area contributed by atoms with Gasteiger partial charge in [0.15, 0.2) is 0 Å². The minimum Gasteiger partial charge on any atom is -0.496 e. The van der Waals surface area contributed by atoms with Gasteiger partial charge in [-0.25, -0.2) is 0 Å². The summed E-state index contributed by atoms with van der Waals surface area (Å²) in [5.41, 5.74) is -0.237. The van der Waals surface area contributed by atoms with E-state index in [2.05, 4.69) is 32.2 Å². The second-order valence-corrected chi connectivity index (χ2v) is 4.40. The smallest absolute Gasteiger partial charge is 0.112 e. The topological polar surface area (TPSA) is 30.5 Å². The molecule has 0 bridgehead atoms. The molecule has 1 aliphatic heterocycles. The van der Waals surface area contributed by atoms with Crippen molar-refractivity contribution in [2.75, 3.05) is 20.3 Å². The van der Waals surface area contributed by atoms with Crippen LogP contribution in [0.25, 0.3) is 0 Å². The van der Waals surface area contributed by atoms with Crippen LogP contribution >= 0.6 is 0 Å². The van der Waals surface area contributed by atoms with Gasteiger partial charge in [0.05, 0.1) is 18.2 Å². The summed E-state index contributed by atoms with van der Waals surface area (Å²) < 4.78 is 11.2. The lowest BCUT2D eigenvalue weighted by Gasteiger charge is -2.36. The van der Waals surface area contributed by atoms with E-state index in [1.165, 1.54) is 0 Å². The van der Waals surface area contributed by atoms with Gasteiger partial charge in [-0.15, -0.1) is 0 Å². The Morgan fingerprint density at radius 2 is 2.33 bits per heavy atom. The molecule has 0 aromatic heterocycles. The largest absolute Gasteiger partial charge is 0.496 e. The third-order valence-corrected chi connectivity index (χ3v) is 2.88. The van der Waals surface area contributed by atoms with Crippen molar-refractivity contribution >= 4 is 0 Å². The summed E-state index contributed by atoms with van der Waals surface area (Å²) in [5.74, 6) is 1.04. The molecule has 0 saturated carbocycles. The van der Waals surface area contributed by atoms with Gasteiger partial charge in [0.25, 0.3) is 0 Å². The van der Waals surface area contributed by atoms with Crippen molar-refractivity contribution in [3.05, 3.63) is 11.8 Å². The molecule has 0 saturated heterocycles. The lowest BCUT2D eigenvalue weighted by atomic mass is 9.95. The Morgan fingerprint density at radius 3 is 2.80 bits per heavy atom. The summed E-state index contributed by atoms with van der Waals surface area (Å²) in [7, 11) is 1.74. The van der Waals surface area contributed by atoms with Gasteiger partial charge in [-0.2, -0.15) is 0 Å². The molecule has 0 spiro atoms. The van der Waals surface area contributed by atoms with Crippen LogP contribution in [0.15, 0.2) is 11.8 Å². The highest BCUT2D eigenvalue weighted by Gasteiger charge is 2.33. The van der Waals surface area contributed by atoms with Gasteiger partial charge in [0.1, 0.15) is 5.76 Å². The highest BCUT2D eigenvalue weighted by atomic mass is 16.5. The fourth-order valence-corrected chi connectivity index (χ4v) is 1.79. The second kappa shape index (κ2) is 5.52. The van der Waals surface area contributed by atoms with Crippen LogP contribution < -0.4 is 5.32 Å². The van der Waals surface area contributed by atoms with E-state index in [0.717, 1.165) is 31.8 Å². The van der Waals surface area contributed by atoms with Crippen molar-refractivity contribution in [1.29, 1.82) is 0 Å². The predicted octanol–water partition coefficient (Wildman–Crippen LogP) is 2.08. The zero-order valence-electron chi connectivity index (χ0n) is 10.3. The van der Waals surface area contributed by atoms with Crippen molar-refractivity contribution in [2.24, 2.45) is 0 Å². The highest BCUT2D eigenvalue weighted by molar-refractivity contribution is 5.11. The average molecular weight is 213 g/mol. The summed E-state index contributed by atoms with van der Waals surface area (Å²) >= 11 is 0. The first kappa shape index (κ1) is 12.5. The fraction of sp³-hybridized carbons (Fsp3) is 0.833. The maximum Gasteiger partial charge on any atom is 0.112 e. The number of hydrogen-bond donors (Lipinski definition) is 1. The Balaban J connectivity index is 2.76. The Hall–Kier alpha value is -0.540. The van der Waals surface area contributed by atoms with Crippen molar-refractivity contribution in [1.82, 2.24) is 5.32 Å². The quantitative estimate of drug-likeness (QED) is 0.758. The van der Waals surface area contributed by atoms with Gasteiger partial charge in [0.2, 0.25) is 0 Å². The highest BCUT2D eigenvalue weighted by Crippen LogP contribution is 2.24. The van der Waals surface area contributed by atoms with Crippen LogP contribution in [0.4, 0.5) is 0 Å². The average Bonchev–Trinajstić information content (AvgIpc) is 2.27. The van der Waals surface area contributed by atoms with E-state index in [-0.39, 0.29) is 11.6 Å². The Labute approximate surface area is 92.8 Å². The Bertz CT molecular complexity index is 224. The van der Waals surface area contributed by atoms with E-state index in [0.29, 0.717) is 0 Å². The van der Waals surface area contributed by atoms with Crippen LogP contribution in [-0.4, -0.2) is 31.9 Å². The fourth-order valence-electron chi connectivity index (χ4n) is 1.79. The number of rotatable bonds is 5. The maximum atomic E-state index is 5.70. The zero-order chi connectivity index (χ0) is 11.3. The van der Waals surface area contributed by atoms with E-state index in [1.54, 1.807) is 7.11 Å². The van der Waals surface area contributed by atoms with E-state index < -0.39 is 0 Å². The molecular weight excluding hydrogens is 190 g/mol. The molecule has 1 heterocycles. The van der Waals surface area contributed by atoms with Crippen LogP contribution in [0.1, 0.15) is 33.6 Å². The summed E-state index contributed by atoms with van der Waals surface area (Å²) in [6.45, 7) is 8.01. The lowest BCUT2D eigenvalue weighted by molar-refractivity contribution is -0.0179. The molecule has 3 nitrogen and oxygen atoms in total.